The van der Waals surface area contributed by atoms with E-state index in [0.717, 1.165) is 31.2 Å². The van der Waals surface area contributed by atoms with E-state index in [2.05, 4.69) is 11.4 Å². The number of fused-ring (bicyclic) bond motifs is 1. The summed E-state index contributed by atoms with van der Waals surface area (Å²) in [4.78, 5) is 0. The van der Waals surface area contributed by atoms with Gasteiger partial charge in [0.15, 0.2) is 0 Å². The van der Waals surface area contributed by atoms with Gasteiger partial charge >= 0.3 is 0 Å². The second kappa shape index (κ2) is 4.33. The molecular formula is C11H15NO2. The number of ether oxygens (including phenoxy) is 2. The summed E-state index contributed by atoms with van der Waals surface area (Å²) in [5.41, 5.74) is 2.26. The number of nitrogens with one attached hydrogen (secondary N) is 1. The van der Waals surface area contributed by atoms with Crippen LogP contribution in [0.2, 0.25) is 0 Å². The van der Waals surface area contributed by atoms with Crippen LogP contribution in [0, 0.1) is 0 Å². The summed E-state index contributed by atoms with van der Waals surface area (Å²) in [5.74, 6) is 0.941. The monoisotopic (exact) mass is 193 g/mol. The van der Waals surface area contributed by atoms with Gasteiger partial charge in [0.25, 0.3) is 0 Å². The van der Waals surface area contributed by atoms with Crippen LogP contribution in [0.1, 0.15) is 12.5 Å². The molecule has 0 saturated carbocycles. The van der Waals surface area contributed by atoms with E-state index in [4.69, 9.17) is 9.47 Å². The van der Waals surface area contributed by atoms with Gasteiger partial charge in [0.2, 0.25) is 0 Å². The Balaban J connectivity index is 2.12. The zero-order valence-corrected chi connectivity index (χ0v) is 8.38. The van der Waals surface area contributed by atoms with Crippen molar-refractivity contribution in [1.29, 1.82) is 0 Å². The minimum absolute atomic E-state index is 0.672. The molecule has 3 heteroatoms. The zero-order chi connectivity index (χ0) is 9.80. The van der Waals surface area contributed by atoms with Gasteiger partial charge in [-0.2, -0.15) is 0 Å². The number of hydrogen-bond acceptors (Lipinski definition) is 3. The molecule has 0 saturated heterocycles. The van der Waals surface area contributed by atoms with Crippen molar-refractivity contribution in [3.8, 4) is 5.75 Å². The van der Waals surface area contributed by atoms with E-state index >= 15 is 0 Å². The predicted octanol–water partition coefficient (Wildman–Crippen LogP) is 2.03. The highest BCUT2D eigenvalue weighted by molar-refractivity contribution is 5.59. The lowest BCUT2D eigenvalue weighted by Crippen LogP contribution is -2.18. The molecule has 0 fully saturated rings. The van der Waals surface area contributed by atoms with E-state index < -0.39 is 0 Å². The molecule has 0 aromatic heterocycles. The van der Waals surface area contributed by atoms with Crippen molar-refractivity contribution < 1.29 is 9.47 Å². The third kappa shape index (κ3) is 1.99. The smallest absolute Gasteiger partial charge is 0.142 e. The largest absolute Gasteiger partial charge is 0.490 e. The third-order valence-corrected chi connectivity index (χ3v) is 2.19. The van der Waals surface area contributed by atoms with Gasteiger partial charge in [0.05, 0.1) is 12.3 Å². The zero-order valence-electron chi connectivity index (χ0n) is 8.38. The van der Waals surface area contributed by atoms with E-state index in [1.807, 2.05) is 19.1 Å². The van der Waals surface area contributed by atoms with Crippen molar-refractivity contribution in [1.82, 2.24) is 0 Å². The first-order chi connectivity index (χ1) is 6.90. The fraction of sp³-hybridized carbons (Fsp3) is 0.455. The Morgan fingerprint density at radius 1 is 1.50 bits per heavy atom. The minimum Gasteiger partial charge on any atom is -0.490 e. The van der Waals surface area contributed by atoms with Crippen molar-refractivity contribution in [2.45, 2.75) is 13.5 Å². The van der Waals surface area contributed by atoms with Crippen LogP contribution in [-0.4, -0.2) is 19.8 Å². The van der Waals surface area contributed by atoms with Gasteiger partial charge in [-0.15, -0.1) is 0 Å². The van der Waals surface area contributed by atoms with Gasteiger partial charge in [-0.05, 0) is 24.6 Å². The second-order valence-corrected chi connectivity index (χ2v) is 3.24. The molecule has 0 amide bonds. The second-order valence-electron chi connectivity index (χ2n) is 3.24. The Morgan fingerprint density at radius 3 is 3.29 bits per heavy atom. The molecule has 1 aliphatic rings. The molecule has 1 aliphatic heterocycles. The first-order valence-corrected chi connectivity index (χ1v) is 4.97. The summed E-state index contributed by atoms with van der Waals surface area (Å²) in [7, 11) is 0. The lowest BCUT2D eigenvalue weighted by atomic mass is 10.2. The summed E-state index contributed by atoms with van der Waals surface area (Å²) in [6, 6.07) is 6.13. The lowest BCUT2D eigenvalue weighted by molar-refractivity contribution is 0.134. The Morgan fingerprint density at radius 2 is 2.43 bits per heavy atom. The molecule has 1 N–H and O–H groups in total. The Labute approximate surface area is 84.0 Å². The SMILES string of the molecule is CCOCc1ccc2c(c1)NCCO2. The molecular weight excluding hydrogens is 178 g/mol. The number of benzene rings is 1. The van der Waals surface area contributed by atoms with Crippen LogP contribution in [0.3, 0.4) is 0 Å². The molecule has 0 bridgehead atoms. The van der Waals surface area contributed by atoms with E-state index in [9.17, 15) is 0 Å². The van der Waals surface area contributed by atoms with Gasteiger partial charge in [0, 0.05) is 13.2 Å². The molecule has 0 spiro atoms. The Hall–Kier alpha value is -1.22. The molecule has 0 atom stereocenters. The standard InChI is InChI=1S/C11H15NO2/c1-2-13-8-9-3-4-11-10(7-9)12-5-6-14-11/h3-4,7,12H,2,5-6,8H2,1H3. The number of hydrogen-bond donors (Lipinski definition) is 1. The maximum absolute atomic E-state index is 5.48. The number of anilines is 1. The van der Waals surface area contributed by atoms with E-state index in [-0.39, 0.29) is 0 Å². The number of rotatable bonds is 3. The van der Waals surface area contributed by atoms with Gasteiger partial charge in [0.1, 0.15) is 12.4 Å². The van der Waals surface area contributed by atoms with Crippen LogP contribution in [-0.2, 0) is 11.3 Å². The average Bonchev–Trinajstić information content (AvgIpc) is 2.26. The summed E-state index contributed by atoms with van der Waals surface area (Å²) in [6.45, 7) is 5.05. The van der Waals surface area contributed by atoms with Crippen LogP contribution in [0.15, 0.2) is 18.2 Å². The first-order valence-electron chi connectivity index (χ1n) is 4.97. The van der Waals surface area contributed by atoms with Gasteiger partial charge in [-0.25, -0.2) is 0 Å². The summed E-state index contributed by atoms with van der Waals surface area (Å²) >= 11 is 0. The molecule has 14 heavy (non-hydrogen) atoms. The molecule has 0 radical (unpaired) electrons. The van der Waals surface area contributed by atoms with Crippen LogP contribution in [0.25, 0.3) is 0 Å². The predicted molar refractivity (Wildman–Crippen MR) is 55.8 cm³/mol. The first kappa shape index (κ1) is 9.34. The van der Waals surface area contributed by atoms with Crippen LogP contribution >= 0.6 is 0 Å². The molecule has 3 nitrogen and oxygen atoms in total. The highest BCUT2D eigenvalue weighted by atomic mass is 16.5. The van der Waals surface area contributed by atoms with Gasteiger partial charge in [-0.3, -0.25) is 0 Å². The minimum atomic E-state index is 0.672. The normalized spacial score (nSPS) is 14.1. The fourth-order valence-corrected chi connectivity index (χ4v) is 1.50. The average molecular weight is 193 g/mol. The van der Waals surface area contributed by atoms with E-state index in [1.165, 1.54) is 5.56 Å². The summed E-state index contributed by atoms with van der Waals surface area (Å²) in [5, 5.41) is 3.30. The van der Waals surface area contributed by atoms with Gasteiger partial charge < -0.3 is 14.8 Å². The highest BCUT2D eigenvalue weighted by Crippen LogP contribution is 2.28. The van der Waals surface area contributed by atoms with Crippen molar-refractivity contribution in [2.75, 3.05) is 25.1 Å². The van der Waals surface area contributed by atoms with Crippen molar-refractivity contribution in [2.24, 2.45) is 0 Å². The summed E-state index contributed by atoms with van der Waals surface area (Å²) in [6.07, 6.45) is 0. The molecule has 1 aromatic carbocycles. The lowest BCUT2D eigenvalue weighted by Gasteiger charge is -2.19. The van der Waals surface area contributed by atoms with Crippen LogP contribution < -0.4 is 10.1 Å². The fourth-order valence-electron chi connectivity index (χ4n) is 1.50. The molecule has 1 aromatic rings. The van der Waals surface area contributed by atoms with Crippen LogP contribution in [0.5, 0.6) is 5.75 Å². The molecule has 1 heterocycles. The summed E-state index contributed by atoms with van der Waals surface area (Å²) < 4.78 is 10.8. The maximum Gasteiger partial charge on any atom is 0.142 e. The van der Waals surface area contributed by atoms with Crippen molar-refractivity contribution in [3.63, 3.8) is 0 Å². The topological polar surface area (TPSA) is 30.5 Å². The maximum atomic E-state index is 5.48. The third-order valence-electron chi connectivity index (χ3n) is 2.19. The highest BCUT2D eigenvalue weighted by Gasteiger charge is 2.09. The Kier molecular flexibility index (Phi) is 2.89. The van der Waals surface area contributed by atoms with Crippen molar-refractivity contribution >= 4 is 5.69 Å². The van der Waals surface area contributed by atoms with Crippen molar-refractivity contribution in [3.05, 3.63) is 23.8 Å². The van der Waals surface area contributed by atoms with E-state index in [0.29, 0.717) is 6.61 Å². The molecule has 2 rings (SSSR count). The molecule has 0 aliphatic carbocycles. The quantitative estimate of drug-likeness (QED) is 0.796. The Bertz CT molecular complexity index is 312. The molecule has 76 valence electrons. The van der Waals surface area contributed by atoms with Gasteiger partial charge in [-0.1, -0.05) is 6.07 Å². The van der Waals surface area contributed by atoms with Crippen LogP contribution in [0.4, 0.5) is 5.69 Å². The van der Waals surface area contributed by atoms with E-state index in [1.54, 1.807) is 0 Å². The molecule has 0 unspecified atom stereocenters.